The van der Waals surface area contributed by atoms with Gasteiger partial charge in [-0.1, -0.05) is 11.8 Å². The third kappa shape index (κ3) is 2.47. The van der Waals surface area contributed by atoms with Crippen LogP contribution >= 0.6 is 0 Å². The summed E-state index contributed by atoms with van der Waals surface area (Å²) in [6, 6.07) is 4.66. The van der Waals surface area contributed by atoms with Crippen LogP contribution < -0.4 is 11.2 Å². The Morgan fingerprint density at radius 3 is 2.78 bits per heavy atom. The zero-order valence-electron chi connectivity index (χ0n) is 9.11. The van der Waals surface area contributed by atoms with Crippen LogP contribution in [0.5, 0.6) is 0 Å². The number of aliphatic carboxylic acids is 1. The number of H-pyrrole nitrogens is 2. The van der Waals surface area contributed by atoms with Gasteiger partial charge in [0.05, 0.1) is 10.9 Å². The summed E-state index contributed by atoms with van der Waals surface area (Å²) in [5, 5.41) is 8.74. The van der Waals surface area contributed by atoms with Gasteiger partial charge in [0, 0.05) is 5.56 Å². The highest BCUT2D eigenvalue weighted by Gasteiger charge is 2.00. The molecule has 0 aliphatic carbocycles. The quantitative estimate of drug-likeness (QED) is 0.616. The molecule has 90 valence electrons. The van der Waals surface area contributed by atoms with Crippen molar-refractivity contribution in [3.8, 4) is 11.8 Å². The Balaban J connectivity index is 2.50. The standard InChI is InChI=1S/C12H8N2O4/c15-10(16)3-1-2-7-4-5-9-8(6-7)11(17)14-12(18)13-9/h4-6H,3H2,(H,15,16)(H2,13,14,17,18). The van der Waals surface area contributed by atoms with Crippen LogP contribution in [0.2, 0.25) is 0 Å². The second kappa shape index (κ2) is 4.59. The van der Waals surface area contributed by atoms with Gasteiger partial charge in [-0.15, -0.1) is 0 Å². The lowest BCUT2D eigenvalue weighted by Gasteiger charge is -1.96. The molecule has 0 aliphatic heterocycles. The first-order chi connectivity index (χ1) is 8.56. The number of nitrogens with one attached hydrogen (secondary N) is 2. The van der Waals surface area contributed by atoms with Gasteiger partial charge in [0.25, 0.3) is 5.56 Å². The van der Waals surface area contributed by atoms with Crippen LogP contribution in [0.1, 0.15) is 12.0 Å². The second-order valence-electron chi connectivity index (χ2n) is 3.54. The summed E-state index contributed by atoms with van der Waals surface area (Å²) in [7, 11) is 0. The average molecular weight is 244 g/mol. The highest BCUT2D eigenvalue weighted by Crippen LogP contribution is 2.07. The van der Waals surface area contributed by atoms with Crippen molar-refractivity contribution >= 4 is 16.9 Å². The molecule has 0 saturated heterocycles. The number of carboxylic acids is 1. The van der Waals surface area contributed by atoms with Gasteiger partial charge < -0.3 is 10.1 Å². The molecule has 1 aromatic carbocycles. The van der Waals surface area contributed by atoms with E-state index in [1.165, 1.54) is 6.07 Å². The van der Waals surface area contributed by atoms with E-state index in [1.807, 2.05) is 0 Å². The van der Waals surface area contributed by atoms with E-state index in [0.717, 1.165) is 0 Å². The lowest BCUT2D eigenvalue weighted by atomic mass is 10.1. The average Bonchev–Trinajstić information content (AvgIpc) is 2.29. The van der Waals surface area contributed by atoms with Crippen molar-refractivity contribution in [1.29, 1.82) is 0 Å². The molecular formula is C12H8N2O4. The number of aromatic amines is 2. The highest BCUT2D eigenvalue weighted by molar-refractivity contribution is 5.79. The largest absolute Gasteiger partial charge is 0.481 e. The Kier molecular flexibility index (Phi) is 2.98. The first-order valence-corrected chi connectivity index (χ1v) is 5.03. The number of hydrogen-bond acceptors (Lipinski definition) is 3. The predicted molar refractivity (Wildman–Crippen MR) is 64.3 cm³/mol. The van der Waals surface area contributed by atoms with E-state index in [9.17, 15) is 14.4 Å². The maximum Gasteiger partial charge on any atom is 0.326 e. The van der Waals surface area contributed by atoms with Crippen molar-refractivity contribution in [3.63, 3.8) is 0 Å². The Labute approximate surface area is 100 Å². The number of rotatable bonds is 1. The fourth-order valence-corrected chi connectivity index (χ4v) is 1.46. The van der Waals surface area contributed by atoms with Crippen molar-refractivity contribution in [2.75, 3.05) is 0 Å². The van der Waals surface area contributed by atoms with Crippen LogP contribution in [0.25, 0.3) is 10.9 Å². The molecule has 0 bridgehead atoms. The van der Waals surface area contributed by atoms with E-state index in [0.29, 0.717) is 16.5 Å². The fraction of sp³-hybridized carbons (Fsp3) is 0.0833. The summed E-state index contributed by atoms with van der Waals surface area (Å²) in [6.45, 7) is 0. The van der Waals surface area contributed by atoms with Gasteiger partial charge >= 0.3 is 11.7 Å². The van der Waals surface area contributed by atoms with Crippen LogP contribution in [-0.4, -0.2) is 21.0 Å². The molecule has 6 nitrogen and oxygen atoms in total. The minimum Gasteiger partial charge on any atom is -0.481 e. The van der Waals surface area contributed by atoms with E-state index in [1.54, 1.807) is 12.1 Å². The molecular weight excluding hydrogens is 236 g/mol. The van der Waals surface area contributed by atoms with Gasteiger partial charge in [0.15, 0.2) is 0 Å². The Bertz CT molecular complexity index is 789. The van der Waals surface area contributed by atoms with Crippen LogP contribution in [-0.2, 0) is 4.79 Å². The molecule has 2 rings (SSSR count). The summed E-state index contributed by atoms with van der Waals surface area (Å²) in [5.41, 5.74) is -0.151. The van der Waals surface area contributed by atoms with Crippen molar-refractivity contribution in [3.05, 3.63) is 44.6 Å². The lowest BCUT2D eigenvalue weighted by Crippen LogP contribution is -2.21. The van der Waals surface area contributed by atoms with Crippen molar-refractivity contribution in [2.24, 2.45) is 0 Å². The molecule has 0 atom stereocenters. The molecule has 0 saturated carbocycles. The zero-order valence-corrected chi connectivity index (χ0v) is 9.11. The van der Waals surface area contributed by atoms with Crippen LogP contribution in [0.15, 0.2) is 27.8 Å². The summed E-state index contributed by atoms with van der Waals surface area (Å²) in [6.07, 6.45) is -0.264. The number of carboxylic acid groups (broad SMARTS) is 1. The van der Waals surface area contributed by atoms with Gasteiger partial charge in [-0.3, -0.25) is 14.6 Å². The first kappa shape index (κ1) is 11.7. The summed E-state index contributed by atoms with van der Waals surface area (Å²) in [5.74, 6) is 4.09. The van der Waals surface area contributed by atoms with E-state index in [2.05, 4.69) is 21.8 Å². The van der Waals surface area contributed by atoms with E-state index in [4.69, 9.17) is 5.11 Å². The number of benzene rings is 1. The third-order valence-electron chi connectivity index (χ3n) is 2.21. The molecule has 0 fully saturated rings. The van der Waals surface area contributed by atoms with Gasteiger partial charge in [0.2, 0.25) is 0 Å². The molecule has 6 heteroatoms. The van der Waals surface area contributed by atoms with Gasteiger partial charge in [0.1, 0.15) is 6.42 Å². The SMILES string of the molecule is O=C(O)CC#Cc1ccc2[nH]c(=O)[nH]c(=O)c2c1. The van der Waals surface area contributed by atoms with Crippen LogP contribution in [0, 0.1) is 11.8 Å². The van der Waals surface area contributed by atoms with Gasteiger partial charge in [-0.25, -0.2) is 4.79 Å². The lowest BCUT2D eigenvalue weighted by molar-refractivity contribution is -0.135. The molecule has 0 aliphatic rings. The maximum absolute atomic E-state index is 11.5. The molecule has 1 heterocycles. The normalized spacial score (nSPS) is 9.78. The van der Waals surface area contributed by atoms with Gasteiger partial charge in [-0.05, 0) is 18.2 Å². The molecule has 0 spiro atoms. The molecule has 18 heavy (non-hydrogen) atoms. The number of fused-ring (bicyclic) bond motifs is 1. The number of carbonyl (C=O) groups is 1. The summed E-state index contributed by atoms with van der Waals surface area (Å²) in [4.78, 5) is 37.4. The molecule has 2 aromatic rings. The Morgan fingerprint density at radius 2 is 2.06 bits per heavy atom. The Hall–Kier alpha value is -2.81. The summed E-state index contributed by atoms with van der Waals surface area (Å²) < 4.78 is 0. The smallest absolute Gasteiger partial charge is 0.326 e. The van der Waals surface area contributed by atoms with E-state index >= 15 is 0 Å². The fourth-order valence-electron chi connectivity index (χ4n) is 1.46. The van der Waals surface area contributed by atoms with Gasteiger partial charge in [-0.2, -0.15) is 0 Å². The third-order valence-corrected chi connectivity index (χ3v) is 2.21. The topological polar surface area (TPSA) is 103 Å². The molecule has 0 radical (unpaired) electrons. The molecule has 1 aromatic heterocycles. The van der Waals surface area contributed by atoms with E-state index in [-0.39, 0.29) is 6.42 Å². The monoisotopic (exact) mass is 244 g/mol. The zero-order chi connectivity index (χ0) is 13.1. The second-order valence-corrected chi connectivity index (χ2v) is 3.54. The summed E-state index contributed by atoms with van der Waals surface area (Å²) >= 11 is 0. The van der Waals surface area contributed by atoms with Crippen molar-refractivity contribution in [2.45, 2.75) is 6.42 Å². The highest BCUT2D eigenvalue weighted by atomic mass is 16.4. The van der Waals surface area contributed by atoms with Crippen molar-refractivity contribution in [1.82, 2.24) is 9.97 Å². The van der Waals surface area contributed by atoms with Crippen LogP contribution in [0.4, 0.5) is 0 Å². The van der Waals surface area contributed by atoms with Crippen molar-refractivity contribution < 1.29 is 9.90 Å². The first-order valence-electron chi connectivity index (χ1n) is 5.03. The van der Waals surface area contributed by atoms with Crippen LogP contribution in [0.3, 0.4) is 0 Å². The number of aromatic nitrogens is 2. The molecule has 0 unspecified atom stereocenters. The molecule has 0 amide bonds. The molecule has 3 N–H and O–H groups in total. The van der Waals surface area contributed by atoms with E-state index < -0.39 is 17.2 Å². The Morgan fingerprint density at radius 1 is 1.28 bits per heavy atom. The predicted octanol–water partition coefficient (Wildman–Crippen LogP) is 0.0426. The maximum atomic E-state index is 11.5. The minimum absolute atomic E-state index is 0.264. The number of hydrogen-bond donors (Lipinski definition) is 3. The minimum atomic E-state index is -1.01.